The predicted octanol–water partition coefficient (Wildman–Crippen LogP) is 4.88. The van der Waals surface area contributed by atoms with Crippen molar-refractivity contribution in [1.29, 1.82) is 0 Å². The second-order valence-electron chi connectivity index (χ2n) is 6.24. The van der Waals surface area contributed by atoms with Crippen LogP contribution in [0.5, 0.6) is 5.75 Å². The number of carbonyl (C=O) groups excluding carboxylic acids is 1. The summed E-state index contributed by atoms with van der Waals surface area (Å²) in [7, 11) is 1.60. The first-order valence-corrected chi connectivity index (χ1v) is 9.64. The first-order valence-electron chi connectivity index (χ1n) is 8.82. The Hall–Kier alpha value is -3.05. The molecule has 2 aromatic carbocycles. The van der Waals surface area contributed by atoms with E-state index in [4.69, 9.17) is 4.74 Å². The Kier molecular flexibility index (Phi) is 4.94. The highest BCUT2D eigenvalue weighted by Crippen LogP contribution is 2.36. The number of amides is 1. The number of hydrogen-bond donors (Lipinski definition) is 2. The SMILES string of the molecule is COc1cc(-c2ccccc2)sc1C(=O)NCCc1c[nH]c2ccccc12. The van der Waals surface area contributed by atoms with Crippen LogP contribution >= 0.6 is 11.3 Å². The minimum Gasteiger partial charge on any atom is -0.495 e. The van der Waals surface area contributed by atoms with Crippen molar-refractivity contribution < 1.29 is 9.53 Å². The van der Waals surface area contributed by atoms with Crippen LogP contribution in [-0.2, 0) is 6.42 Å². The molecule has 0 aliphatic heterocycles. The number of H-pyrrole nitrogens is 1. The number of rotatable bonds is 6. The van der Waals surface area contributed by atoms with E-state index < -0.39 is 0 Å². The average Bonchev–Trinajstić information content (AvgIpc) is 3.33. The lowest BCUT2D eigenvalue weighted by molar-refractivity contribution is 0.0955. The van der Waals surface area contributed by atoms with Crippen molar-refractivity contribution in [3.8, 4) is 16.2 Å². The second kappa shape index (κ2) is 7.68. The van der Waals surface area contributed by atoms with Gasteiger partial charge in [-0.25, -0.2) is 0 Å². The standard InChI is InChI=1S/C22H20N2O2S/c1-26-19-13-20(15-7-3-2-4-8-15)27-21(19)22(25)23-12-11-16-14-24-18-10-6-5-9-17(16)18/h2-10,13-14,24H,11-12H2,1H3,(H,23,25). The van der Waals surface area contributed by atoms with Gasteiger partial charge in [-0.2, -0.15) is 0 Å². The van der Waals surface area contributed by atoms with Gasteiger partial charge in [0, 0.05) is 28.5 Å². The molecule has 0 fully saturated rings. The molecule has 0 saturated carbocycles. The highest BCUT2D eigenvalue weighted by atomic mass is 32.1. The van der Waals surface area contributed by atoms with E-state index in [0.717, 1.165) is 22.4 Å². The second-order valence-corrected chi connectivity index (χ2v) is 7.29. The third-order valence-electron chi connectivity index (χ3n) is 4.54. The fourth-order valence-electron chi connectivity index (χ4n) is 3.16. The van der Waals surface area contributed by atoms with Gasteiger partial charge in [0.2, 0.25) is 0 Å². The van der Waals surface area contributed by atoms with Gasteiger partial charge >= 0.3 is 0 Å². The number of nitrogens with one attached hydrogen (secondary N) is 2. The highest BCUT2D eigenvalue weighted by Gasteiger charge is 2.17. The highest BCUT2D eigenvalue weighted by molar-refractivity contribution is 7.17. The third-order valence-corrected chi connectivity index (χ3v) is 5.70. The monoisotopic (exact) mass is 376 g/mol. The van der Waals surface area contributed by atoms with E-state index in [1.54, 1.807) is 7.11 Å². The Labute approximate surface area is 161 Å². The smallest absolute Gasteiger partial charge is 0.265 e. The molecular weight excluding hydrogens is 356 g/mol. The summed E-state index contributed by atoms with van der Waals surface area (Å²) in [5, 5.41) is 4.22. The fraction of sp³-hybridized carbons (Fsp3) is 0.136. The maximum Gasteiger partial charge on any atom is 0.265 e. The molecule has 4 nitrogen and oxygen atoms in total. The average molecular weight is 376 g/mol. The minimum atomic E-state index is -0.0983. The maximum atomic E-state index is 12.7. The van der Waals surface area contributed by atoms with Gasteiger partial charge in [0.15, 0.2) is 0 Å². The van der Waals surface area contributed by atoms with Crippen LogP contribution < -0.4 is 10.1 Å². The number of para-hydroxylation sites is 1. The summed E-state index contributed by atoms with van der Waals surface area (Å²) >= 11 is 1.45. The zero-order valence-corrected chi connectivity index (χ0v) is 15.8. The molecule has 0 unspecified atom stereocenters. The molecule has 4 rings (SSSR count). The molecule has 2 N–H and O–H groups in total. The summed E-state index contributed by atoms with van der Waals surface area (Å²) < 4.78 is 5.42. The van der Waals surface area contributed by atoms with Crippen LogP contribution in [0.1, 0.15) is 15.2 Å². The number of benzene rings is 2. The summed E-state index contributed by atoms with van der Waals surface area (Å²) in [5.41, 5.74) is 3.40. The third kappa shape index (κ3) is 3.59. The maximum absolute atomic E-state index is 12.7. The van der Waals surface area contributed by atoms with Crippen molar-refractivity contribution in [2.45, 2.75) is 6.42 Å². The van der Waals surface area contributed by atoms with Crippen LogP contribution in [-0.4, -0.2) is 24.5 Å². The van der Waals surface area contributed by atoms with Gasteiger partial charge in [0.05, 0.1) is 7.11 Å². The van der Waals surface area contributed by atoms with Crippen LogP contribution in [0.25, 0.3) is 21.3 Å². The number of methoxy groups -OCH3 is 1. The first-order chi connectivity index (χ1) is 13.3. The van der Waals surface area contributed by atoms with E-state index >= 15 is 0 Å². The molecule has 5 heteroatoms. The van der Waals surface area contributed by atoms with Crippen LogP contribution in [0.2, 0.25) is 0 Å². The molecule has 4 aromatic rings. The molecule has 136 valence electrons. The van der Waals surface area contributed by atoms with Gasteiger partial charge in [-0.15, -0.1) is 11.3 Å². The van der Waals surface area contributed by atoms with E-state index in [0.29, 0.717) is 17.2 Å². The summed E-state index contributed by atoms with van der Waals surface area (Å²) in [6, 6.07) is 20.1. The van der Waals surface area contributed by atoms with Gasteiger partial charge in [-0.1, -0.05) is 48.5 Å². The summed E-state index contributed by atoms with van der Waals surface area (Å²) in [6.45, 7) is 0.572. The van der Waals surface area contributed by atoms with Crippen molar-refractivity contribution in [2.75, 3.05) is 13.7 Å². The quantitative estimate of drug-likeness (QED) is 0.504. The van der Waals surface area contributed by atoms with Gasteiger partial charge in [-0.05, 0) is 29.7 Å². The zero-order valence-electron chi connectivity index (χ0n) is 15.0. The molecule has 0 saturated heterocycles. The molecule has 1 amide bonds. The molecule has 0 aliphatic carbocycles. The topological polar surface area (TPSA) is 54.1 Å². The van der Waals surface area contributed by atoms with Crippen molar-refractivity contribution in [1.82, 2.24) is 10.3 Å². The zero-order chi connectivity index (χ0) is 18.6. The lowest BCUT2D eigenvalue weighted by Crippen LogP contribution is -2.25. The molecule has 0 atom stereocenters. The molecular formula is C22H20N2O2S. The fourth-order valence-corrected chi connectivity index (χ4v) is 4.21. The summed E-state index contributed by atoms with van der Waals surface area (Å²) in [4.78, 5) is 17.6. The van der Waals surface area contributed by atoms with E-state index in [2.05, 4.69) is 22.4 Å². The summed E-state index contributed by atoms with van der Waals surface area (Å²) in [5.74, 6) is 0.516. The Morgan fingerprint density at radius 3 is 2.70 bits per heavy atom. The van der Waals surface area contributed by atoms with Crippen LogP contribution in [0.4, 0.5) is 0 Å². The number of ether oxygens (including phenoxy) is 1. The largest absolute Gasteiger partial charge is 0.495 e. The Bertz CT molecular complexity index is 1070. The number of thiophene rings is 1. The van der Waals surface area contributed by atoms with Gasteiger partial charge < -0.3 is 15.0 Å². The Balaban J connectivity index is 1.46. The Morgan fingerprint density at radius 1 is 1.11 bits per heavy atom. The van der Waals surface area contributed by atoms with Crippen LogP contribution in [0, 0.1) is 0 Å². The summed E-state index contributed by atoms with van der Waals surface area (Å²) in [6.07, 6.45) is 2.78. The van der Waals surface area contributed by atoms with E-state index in [-0.39, 0.29) is 5.91 Å². The number of aromatic amines is 1. The lowest BCUT2D eigenvalue weighted by atomic mass is 10.1. The molecule has 0 bridgehead atoms. The van der Waals surface area contributed by atoms with Gasteiger partial charge in [0.1, 0.15) is 10.6 Å². The predicted molar refractivity (Wildman–Crippen MR) is 111 cm³/mol. The van der Waals surface area contributed by atoms with E-state index in [1.165, 1.54) is 22.3 Å². The van der Waals surface area contributed by atoms with Gasteiger partial charge in [-0.3, -0.25) is 4.79 Å². The Morgan fingerprint density at radius 2 is 1.89 bits per heavy atom. The molecule has 0 spiro atoms. The normalized spacial score (nSPS) is 10.9. The van der Waals surface area contributed by atoms with Crippen LogP contribution in [0.3, 0.4) is 0 Å². The molecule has 2 aromatic heterocycles. The van der Waals surface area contributed by atoms with E-state index in [1.807, 2.05) is 54.7 Å². The van der Waals surface area contributed by atoms with Crippen molar-refractivity contribution in [2.24, 2.45) is 0 Å². The lowest BCUT2D eigenvalue weighted by Gasteiger charge is -2.05. The van der Waals surface area contributed by atoms with Gasteiger partial charge in [0.25, 0.3) is 5.91 Å². The van der Waals surface area contributed by atoms with Crippen molar-refractivity contribution in [3.63, 3.8) is 0 Å². The number of aromatic nitrogens is 1. The van der Waals surface area contributed by atoms with Crippen LogP contribution in [0.15, 0.2) is 66.9 Å². The van der Waals surface area contributed by atoms with Crippen molar-refractivity contribution >= 4 is 28.1 Å². The first kappa shape index (κ1) is 17.4. The number of fused-ring (bicyclic) bond motifs is 1. The molecule has 0 radical (unpaired) electrons. The van der Waals surface area contributed by atoms with Crippen molar-refractivity contribution in [3.05, 3.63) is 77.3 Å². The van der Waals surface area contributed by atoms with E-state index in [9.17, 15) is 4.79 Å². The molecule has 2 heterocycles. The minimum absolute atomic E-state index is 0.0983. The number of hydrogen-bond acceptors (Lipinski definition) is 3. The number of carbonyl (C=O) groups is 1. The molecule has 0 aliphatic rings. The molecule has 27 heavy (non-hydrogen) atoms.